The van der Waals surface area contributed by atoms with Crippen LogP contribution in [0.25, 0.3) is 0 Å². The third-order valence-corrected chi connectivity index (χ3v) is 4.95. The first-order valence-corrected chi connectivity index (χ1v) is 7.11. The summed E-state index contributed by atoms with van der Waals surface area (Å²) in [7, 11) is 0. The van der Waals surface area contributed by atoms with Gasteiger partial charge in [0.2, 0.25) is 0 Å². The average Bonchev–Trinajstić information content (AvgIpc) is 2.91. The van der Waals surface area contributed by atoms with Gasteiger partial charge in [-0.3, -0.25) is 0 Å². The maximum atomic E-state index is 6.32. The highest BCUT2D eigenvalue weighted by Crippen LogP contribution is 2.50. The van der Waals surface area contributed by atoms with Crippen molar-refractivity contribution in [1.29, 1.82) is 0 Å². The number of nitrogens with two attached hydrogens (primary N) is 1. The maximum absolute atomic E-state index is 6.32. The lowest BCUT2D eigenvalue weighted by molar-refractivity contribution is 0.296. The standard InChI is InChI=1S/C15H20ClN/c16-14-3-1-2-12(8-14)15(17)9-13-7-10-4-5-11(13)6-10/h1-3,8,10-11,13,15H,4-7,9,17H2. The Labute approximate surface area is 108 Å². The molecule has 0 spiro atoms. The van der Waals surface area contributed by atoms with Crippen molar-refractivity contribution in [3.05, 3.63) is 34.9 Å². The fourth-order valence-electron chi connectivity index (χ4n) is 3.86. The van der Waals surface area contributed by atoms with Gasteiger partial charge in [0.1, 0.15) is 0 Å². The largest absolute Gasteiger partial charge is 0.324 e. The predicted molar refractivity (Wildman–Crippen MR) is 71.9 cm³/mol. The monoisotopic (exact) mass is 249 g/mol. The van der Waals surface area contributed by atoms with Gasteiger partial charge in [-0.2, -0.15) is 0 Å². The molecule has 2 heteroatoms. The van der Waals surface area contributed by atoms with Gasteiger partial charge in [-0.25, -0.2) is 0 Å². The Morgan fingerprint density at radius 1 is 1.29 bits per heavy atom. The minimum atomic E-state index is 0.165. The van der Waals surface area contributed by atoms with Crippen LogP contribution >= 0.6 is 11.6 Å². The molecule has 4 unspecified atom stereocenters. The second-order valence-electron chi connectivity index (χ2n) is 5.83. The zero-order valence-corrected chi connectivity index (χ0v) is 10.9. The van der Waals surface area contributed by atoms with Gasteiger partial charge in [0.05, 0.1) is 0 Å². The summed E-state index contributed by atoms with van der Waals surface area (Å²) in [6.45, 7) is 0. The molecular formula is C15H20ClN. The number of halogens is 1. The van der Waals surface area contributed by atoms with Crippen LogP contribution in [0.3, 0.4) is 0 Å². The zero-order chi connectivity index (χ0) is 11.8. The van der Waals surface area contributed by atoms with E-state index in [1.165, 1.54) is 31.2 Å². The van der Waals surface area contributed by atoms with Gasteiger partial charge in [0, 0.05) is 11.1 Å². The van der Waals surface area contributed by atoms with E-state index in [0.717, 1.165) is 29.2 Å². The van der Waals surface area contributed by atoms with E-state index < -0.39 is 0 Å². The molecular weight excluding hydrogens is 230 g/mol. The minimum Gasteiger partial charge on any atom is -0.324 e. The molecule has 2 saturated carbocycles. The Morgan fingerprint density at radius 3 is 2.82 bits per heavy atom. The smallest absolute Gasteiger partial charge is 0.0409 e. The SMILES string of the molecule is NC(CC1CC2CCC1C2)c1cccc(Cl)c1. The summed E-state index contributed by atoms with van der Waals surface area (Å²) in [6.07, 6.45) is 6.93. The van der Waals surface area contributed by atoms with Crippen LogP contribution in [0, 0.1) is 17.8 Å². The molecule has 1 aromatic rings. The van der Waals surface area contributed by atoms with Crippen LogP contribution in [0.5, 0.6) is 0 Å². The van der Waals surface area contributed by atoms with Gasteiger partial charge in [0.25, 0.3) is 0 Å². The van der Waals surface area contributed by atoms with E-state index in [4.69, 9.17) is 17.3 Å². The van der Waals surface area contributed by atoms with E-state index in [-0.39, 0.29) is 6.04 Å². The van der Waals surface area contributed by atoms with E-state index in [1.54, 1.807) is 0 Å². The summed E-state index contributed by atoms with van der Waals surface area (Å²) < 4.78 is 0. The average molecular weight is 250 g/mol. The molecule has 2 aliphatic carbocycles. The van der Waals surface area contributed by atoms with E-state index in [0.29, 0.717) is 0 Å². The molecule has 0 saturated heterocycles. The zero-order valence-electron chi connectivity index (χ0n) is 10.1. The molecule has 0 heterocycles. The van der Waals surface area contributed by atoms with Gasteiger partial charge in [0.15, 0.2) is 0 Å². The van der Waals surface area contributed by atoms with Crippen molar-refractivity contribution < 1.29 is 0 Å². The predicted octanol–water partition coefficient (Wildman–Crippen LogP) is 4.17. The van der Waals surface area contributed by atoms with Gasteiger partial charge in [-0.05, 0) is 61.1 Å². The lowest BCUT2D eigenvalue weighted by atomic mass is 9.83. The normalized spacial score (nSPS) is 32.9. The van der Waals surface area contributed by atoms with E-state index in [2.05, 4.69) is 6.07 Å². The lowest BCUT2D eigenvalue weighted by Crippen LogP contribution is -2.19. The second-order valence-corrected chi connectivity index (χ2v) is 6.27. The number of rotatable bonds is 3. The summed E-state index contributed by atoms with van der Waals surface area (Å²) in [6, 6.07) is 8.19. The van der Waals surface area contributed by atoms with Crippen LogP contribution in [0.2, 0.25) is 5.02 Å². The van der Waals surface area contributed by atoms with Gasteiger partial charge in [-0.1, -0.05) is 30.2 Å². The molecule has 0 radical (unpaired) electrons. The van der Waals surface area contributed by atoms with Crippen LogP contribution in [0.1, 0.15) is 43.7 Å². The first-order chi connectivity index (χ1) is 8.22. The van der Waals surface area contributed by atoms with Crippen molar-refractivity contribution in [2.75, 3.05) is 0 Å². The fraction of sp³-hybridized carbons (Fsp3) is 0.600. The molecule has 0 aliphatic heterocycles. The molecule has 2 bridgehead atoms. The molecule has 2 fully saturated rings. The molecule has 92 valence electrons. The van der Waals surface area contributed by atoms with Crippen LogP contribution in [-0.2, 0) is 0 Å². The molecule has 4 atom stereocenters. The van der Waals surface area contributed by atoms with E-state index >= 15 is 0 Å². The third kappa shape index (κ3) is 2.36. The van der Waals surface area contributed by atoms with Crippen LogP contribution in [0.4, 0.5) is 0 Å². The van der Waals surface area contributed by atoms with Gasteiger partial charge in [-0.15, -0.1) is 0 Å². The Bertz CT molecular complexity index is 404. The highest BCUT2D eigenvalue weighted by atomic mass is 35.5. The Balaban J connectivity index is 1.65. The Morgan fingerprint density at radius 2 is 2.18 bits per heavy atom. The van der Waals surface area contributed by atoms with E-state index in [9.17, 15) is 0 Å². The topological polar surface area (TPSA) is 26.0 Å². The Kier molecular flexibility index (Phi) is 3.14. The molecule has 2 aliphatic rings. The first kappa shape index (κ1) is 11.6. The quantitative estimate of drug-likeness (QED) is 0.855. The van der Waals surface area contributed by atoms with Crippen molar-refractivity contribution in [2.24, 2.45) is 23.5 Å². The molecule has 0 aromatic heterocycles. The van der Waals surface area contributed by atoms with Gasteiger partial charge < -0.3 is 5.73 Å². The third-order valence-electron chi connectivity index (χ3n) is 4.72. The van der Waals surface area contributed by atoms with Crippen LogP contribution < -0.4 is 5.73 Å². The molecule has 1 aromatic carbocycles. The van der Waals surface area contributed by atoms with Gasteiger partial charge >= 0.3 is 0 Å². The van der Waals surface area contributed by atoms with Crippen molar-refractivity contribution in [2.45, 2.75) is 38.1 Å². The van der Waals surface area contributed by atoms with Crippen molar-refractivity contribution in [1.82, 2.24) is 0 Å². The highest BCUT2D eigenvalue weighted by molar-refractivity contribution is 6.30. The van der Waals surface area contributed by atoms with Crippen LogP contribution in [-0.4, -0.2) is 0 Å². The summed E-state index contributed by atoms with van der Waals surface area (Å²) in [5.74, 6) is 2.84. The van der Waals surface area contributed by atoms with E-state index in [1.807, 2.05) is 18.2 Å². The Hall–Kier alpha value is -0.530. The molecule has 3 rings (SSSR count). The highest BCUT2D eigenvalue weighted by Gasteiger charge is 2.39. The number of hydrogen-bond acceptors (Lipinski definition) is 1. The molecule has 0 amide bonds. The molecule has 1 nitrogen and oxygen atoms in total. The second kappa shape index (κ2) is 4.62. The number of benzene rings is 1. The minimum absolute atomic E-state index is 0.165. The fourth-order valence-corrected chi connectivity index (χ4v) is 4.06. The van der Waals surface area contributed by atoms with Crippen molar-refractivity contribution >= 4 is 11.6 Å². The maximum Gasteiger partial charge on any atom is 0.0409 e. The van der Waals surface area contributed by atoms with Crippen molar-refractivity contribution in [3.8, 4) is 0 Å². The van der Waals surface area contributed by atoms with Crippen molar-refractivity contribution in [3.63, 3.8) is 0 Å². The number of fused-ring (bicyclic) bond motifs is 2. The lowest BCUT2D eigenvalue weighted by Gasteiger charge is -2.25. The molecule has 17 heavy (non-hydrogen) atoms. The summed E-state index contributed by atoms with van der Waals surface area (Å²) in [4.78, 5) is 0. The summed E-state index contributed by atoms with van der Waals surface area (Å²) in [5, 5.41) is 0.797. The molecule has 2 N–H and O–H groups in total. The number of hydrogen-bond donors (Lipinski definition) is 1. The van der Waals surface area contributed by atoms with Crippen LogP contribution in [0.15, 0.2) is 24.3 Å². The first-order valence-electron chi connectivity index (χ1n) is 6.73. The summed E-state index contributed by atoms with van der Waals surface area (Å²) in [5.41, 5.74) is 7.51. The summed E-state index contributed by atoms with van der Waals surface area (Å²) >= 11 is 6.01.